The van der Waals surface area contributed by atoms with Crippen LogP contribution in [-0.2, 0) is 11.3 Å². The van der Waals surface area contributed by atoms with Gasteiger partial charge in [0.25, 0.3) is 0 Å². The molecule has 0 aliphatic heterocycles. The largest absolute Gasteiger partial charge is 0.363 e. The molecule has 4 N–H and O–H groups in total. The number of carbonyl (C=O) groups excluding carboxylic acids is 2. The van der Waals surface area contributed by atoms with Gasteiger partial charge in [0.1, 0.15) is 6.04 Å². The first-order valence-corrected chi connectivity index (χ1v) is 6.04. The van der Waals surface area contributed by atoms with Crippen molar-refractivity contribution in [3.63, 3.8) is 0 Å². The molecule has 1 atom stereocenters. The van der Waals surface area contributed by atoms with Crippen molar-refractivity contribution in [1.82, 2.24) is 10.6 Å². The van der Waals surface area contributed by atoms with Gasteiger partial charge < -0.3 is 16.0 Å². The fourth-order valence-electron chi connectivity index (χ4n) is 1.69. The maximum Gasteiger partial charge on any atom is 0.321 e. The van der Waals surface area contributed by atoms with Gasteiger partial charge in [-0.25, -0.2) is 4.79 Å². The molecule has 0 aromatic heterocycles. The Kier molecular flexibility index (Phi) is 5.32. The Morgan fingerprint density at radius 2 is 2.00 bits per heavy atom. The predicted octanol–water partition coefficient (Wildman–Crippen LogP) is 0.426. The Labute approximate surface area is 113 Å². The molecule has 0 spiro atoms. The minimum atomic E-state index is -0.516. The van der Waals surface area contributed by atoms with Crippen LogP contribution in [0, 0.1) is 0 Å². The third-order valence-electron chi connectivity index (χ3n) is 3.02. The molecule has 0 bridgehead atoms. The normalized spacial score (nSPS) is 11.6. The number of carbonyl (C=O) groups is 2. The summed E-state index contributed by atoms with van der Waals surface area (Å²) >= 11 is 0. The van der Waals surface area contributed by atoms with Crippen molar-refractivity contribution in [2.75, 3.05) is 19.0 Å². The van der Waals surface area contributed by atoms with Gasteiger partial charge in [-0.2, -0.15) is 0 Å². The average Bonchev–Trinajstić information content (AvgIpc) is 2.45. The van der Waals surface area contributed by atoms with Crippen molar-refractivity contribution in [3.05, 3.63) is 29.8 Å². The second-order valence-corrected chi connectivity index (χ2v) is 4.19. The number of hydrogen-bond acceptors (Lipinski definition) is 4. The molecule has 19 heavy (non-hydrogen) atoms. The van der Waals surface area contributed by atoms with E-state index in [4.69, 9.17) is 5.73 Å². The van der Waals surface area contributed by atoms with Gasteiger partial charge in [0, 0.05) is 26.3 Å². The fraction of sp³-hybridized carbons (Fsp3) is 0.385. The Balaban J connectivity index is 2.84. The average molecular weight is 264 g/mol. The van der Waals surface area contributed by atoms with Crippen LogP contribution in [0.5, 0.6) is 0 Å². The molecule has 6 heteroatoms. The number of nitrogens with two attached hydrogens (primary N) is 1. The highest BCUT2D eigenvalue weighted by Crippen LogP contribution is 2.20. The van der Waals surface area contributed by atoms with Crippen LogP contribution < -0.4 is 21.3 Å². The molecule has 1 unspecified atom stereocenters. The van der Waals surface area contributed by atoms with Gasteiger partial charge in [-0.1, -0.05) is 18.2 Å². The molecular formula is C13H20N4O2. The summed E-state index contributed by atoms with van der Waals surface area (Å²) in [4.78, 5) is 24.8. The summed E-state index contributed by atoms with van der Waals surface area (Å²) < 4.78 is 0. The van der Waals surface area contributed by atoms with Crippen LogP contribution in [0.1, 0.15) is 12.5 Å². The Morgan fingerprint density at radius 1 is 1.37 bits per heavy atom. The Morgan fingerprint density at radius 3 is 2.58 bits per heavy atom. The molecule has 0 aliphatic rings. The van der Waals surface area contributed by atoms with E-state index in [1.165, 1.54) is 7.05 Å². The number of para-hydroxylation sites is 1. The van der Waals surface area contributed by atoms with Gasteiger partial charge in [-0.15, -0.1) is 0 Å². The summed E-state index contributed by atoms with van der Waals surface area (Å²) in [5.41, 5.74) is 7.50. The second-order valence-electron chi connectivity index (χ2n) is 4.19. The number of amides is 3. The first kappa shape index (κ1) is 15.0. The van der Waals surface area contributed by atoms with Crippen molar-refractivity contribution in [3.8, 4) is 0 Å². The molecule has 0 radical (unpaired) electrons. The molecule has 1 aromatic carbocycles. The molecule has 3 amide bonds. The van der Waals surface area contributed by atoms with Crippen LogP contribution in [0.4, 0.5) is 10.5 Å². The lowest BCUT2D eigenvalue weighted by Crippen LogP contribution is -2.48. The van der Waals surface area contributed by atoms with E-state index in [0.717, 1.165) is 11.3 Å². The summed E-state index contributed by atoms with van der Waals surface area (Å²) in [6.07, 6.45) is 0. The van der Waals surface area contributed by atoms with Crippen molar-refractivity contribution in [2.24, 2.45) is 5.73 Å². The van der Waals surface area contributed by atoms with E-state index in [0.29, 0.717) is 6.54 Å². The van der Waals surface area contributed by atoms with E-state index < -0.39 is 12.1 Å². The van der Waals surface area contributed by atoms with Gasteiger partial charge in [0.05, 0.1) is 0 Å². The third kappa shape index (κ3) is 3.69. The van der Waals surface area contributed by atoms with Gasteiger partial charge >= 0.3 is 6.03 Å². The number of hydrogen-bond donors (Lipinski definition) is 3. The maximum atomic E-state index is 11.9. The molecule has 0 heterocycles. The lowest BCUT2D eigenvalue weighted by molar-refractivity contribution is -0.120. The highest BCUT2D eigenvalue weighted by Gasteiger charge is 2.21. The van der Waals surface area contributed by atoms with E-state index >= 15 is 0 Å². The lowest BCUT2D eigenvalue weighted by Gasteiger charge is -2.27. The summed E-state index contributed by atoms with van der Waals surface area (Å²) in [7, 11) is 3.25. The molecule has 104 valence electrons. The Bertz CT molecular complexity index is 462. The van der Waals surface area contributed by atoms with E-state index in [-0.39, 0.29) is 5.91 Å². The summed E-state index contributed by atoms with van der Waals surface area (Å²) in [5, 5.41) is 4.60. The summed E-state index contributed by atoms with van der Waals surface area (Å²) in [6.45, 7) is 2.12. The zero-order chi connectivity index (χ0) is 14.4. The molecule has 0 saturated heterocycles. The number of benzene rings is 1. The fourth-order valence-corrected chi connectivity index (χ4v) is 1.69. The van der Waals surface area contributed by atoms with Crippen molar-refractivity contribution in [2.45, 2.75) is 19.5 Å². The monoisotopic (exact) mass is 264 g/mol. The number of nitrogens with zero attached hydrogens (tertiary/aromatic N) is 1. The van der Waals surface area contributed by atoms with Crippen molar-refractivity contribution >= 4 is 17.6 Å². The molecule has 0 aliphatic carbocycles. The summed E-state index contributed by atoms with van der Waals surface area (Å²) in [5.74, 6) is -0.367. The molecule has 1 rings (SSSR count). The van der Waals surface area contributed by atoms with Crippen molar-refractivity contribution < 1.29 is 9.59 Å². The van der Waals surface area contributed by atoms with Gasteiger partial charge in [0.15, 0.2) is 0 Å². The van der Waals surface area contributed by atoms with Crippen LogP contribution in [0.3, 0.4) is 0 Å². The van der Waals surface area contributed by atoms with Gasteiger partial charge in [-0.05, 0) is 18.6 Å². The van der Waals surface area contributed by atoms with Crippen LogP contribution in [0.2, 0.25) is 0 Å². The van der Waals surface area contributed by atoms with E-state index in [2.05, 4.69) is 10.6 Å². The zero-order valence-electron chi connectivity index (χ0n) is 11.4. The topological polar surface area (TPSA) is 87.5 Å². The Hall–Kier alpha value is -2.08. The van der Waals surface area contributed by atoms with Crippen LogP contribution in [-0.4, -0.2) is 32.1 Å². The minimum Gasteiger partial charge on any atom is -0.363 e. The molecule has 0 saturated carbocycles. The lowest BCUT2D eigenvalue weighted by atomic mass is 10.1. The van der Waals surface area contributed by atoms with Crippen LogP contribution >= 0.6 is 0 Å². The number of nitrogens with one attached hydrogen (secondary N) is 2. The number of imide groups is 1. The maximum absolute atomic E-state index is 11.9. The predicted molar refractivity (Wildman–Crippen MR) is 74.8 cm³/mol. The smallest absolute Gasteiger partial charge is 0.321 e. The quantitative estimate of drug-likeness (QED) is 0.735. The van der Waals surface area contributed by atoms with Gasteiger partial charge in [-0.3, -0.25) is 10.1 Å². The molecule has 0 fully saturated rings. The SMILES string of the molecule is CNC(=O)NC(=O)C(C)N(C)c1ccccc1CN. The number of anilines is 1. The first-order valence-electron chi connectivity index (χ1n) is 6.04. The number of urea groups is 1. The molecule has 1 aromatic rings. The standard InChI is InChI=1S/C13H20N4O2/c1-9(12(18)16-13(19)15-2)17(3)11-7-5-4-6-10(11)8-14/h4-7,9H,8,14H2,1-3H3,(H2,15,16,18,19). The highest BCUT2D eigenvalue weighted by atomic mass is 16.2. The number of likely N-dealkylation sites (N-methyl/N-ethyl adjacent to an activating group) is 1. The molecule has 6 nitrogen and oxygen atoms in total. The van der Waals surface area contributed by atoms with Crippen molar-refractivity contribution in [1.29, 1.82) is 0 Å². The van der Waals surface area contributed by atoms with Crippen LogP contribution in [0.15, 0.2) is 24.3 Å². The van der Waals surface area contributed by atoms with Crippen LogP contribution in [0.25, 0.3) is 0 Å². The van der Waals surface area contributed by atoms with Gasteiger partial charge in [0.2, 0.25) is 5.91 Å². The van der Waals surface area contributed by atoms with E-state index in [9.17, 15) is 9.59 Å². The zero-order valence-corrected chi connectivity index (χ0v) is 11.4. The molecular weight excluding hydrogens is 244 g/mol. The van der Waals surface area contributed by atoms with E-state index in [1.54, 1.807) is 18.9 Å². The third-order valence-corrected chi connectivity index (χ3v) is 3.02. The minimum absolute atomic E-state index is 0.367. The van der Waals surface area contributed by atoms with E-state index in [1.807, 2.05) is 24.3 Å². The highest BCUT2D eigenvalue weighted by molar-refractivity contribution is 5.98. The number of rotatable bonds is 4. The second kappa shape index (κ2) is 6.75. The first-order chi connectivity index (χ1) is 9.01. The summed E-state index contributed by atoms with van der Waals surface area (Å²) in [6, 6.07) is 6.59.